The topological polar surface area (TPSA) is 76.1 Å². The number of amides is 1. The zero-order valence-corrected chi connectivity index (χ0v) is 19.3. The lowest BCUT2D eigenvalue weighted by molar-refractivity contribution is 0.102. The molecule has 1 aromatic heterocycles. The second-order valence-electron chi connectivity index (χ2n) is 7.55. The van der Waals surface area contributed by atoms with Gasteiger partial charge in [0.1, 0.15) is 0 Å². The van der Waals surface area contributed by atoms with E-state index in [4.69, 9.17) is 0 Å². The Morgan fingerprint density at radius 2 is 1.44 bits per heavy atom. The molecule has 0 aliphatic carbocycles. The van der Waals surface area contributed by atoms with Crippen molar-refractivity contribution >= 4 is 32.2 Å². The highest BCUT2D eigenvalue weighted by atomic mass is 32.2. The van der Waals surface area contributed by atoms with Gasteiger partial charge in [0.25, 0.3) is 5.91 Å². The average molecular weight is 463 g/mol. The number of hydrogen-bond acceptors (Lipinski definition) is 5. The van der Waals surface area contributed by atoms with Crippen LogP contribution in [0.1, 0.15) is 24.2 Å². The molecule has 0 aliphatic rings. The molecule has 0 saturated carbocycles. The highest BCUT2D eigenvalue weighted by Gasteiger charge is 2.19. The SMILES string of the molecule is CC(C)S(=O)(=O)c1ccc(C(=O)Nc2nc(-c3ccc(-c4ccccc4)cc3)cs2)cc1. The number of benzene rings is 3. The second kappa shape index (κ2) is 9.06. The Kier molecular flexibility index (Phi) is 6.21. The fourth-order valence-electron chi connectivity index (χ4n) is 3.17. The van der Waals surface area contributed by atoms with Crippen LogP contribution in [0.3, 0.4) is 0 Å². The molecule has 7 heteroatoms. The maximum Gasteiger partial charge on any atom is 0.257 e. The van der Waals surface area contributed by atoms with Gasteiger partial charge >= 0.3 is 0 Å². The summed E-state index contributed by atoms with van der Waals surface area (Å²) >= 11 is 1.34. The van der Waals surface area contributed by atoms with E-state index < -0.39 is 15.1 Å². The van der Waals surface area contributed by atoms with Crippen LogP contribution in [-0.2, 0) is 9.84 Å². The maximum absolute atomic E-state index is 12.6. The van der Waals surface area contributed by atoms with Crippen molar-refractivity contribution in [2.75, 3.05) is 5.32 Å². The van der Waals surface area contributed by atoms with Gasteiger partial charge in [-0.3, -0.25) is 10.1 Å². The number of carbonyl (C=O) groups excluding carboxylic acids is 1. The quantitative estimate of drug-likeness (QED) is 0.386. The monoisotopic (exact) mass is 462 g/mol. The average Bonchev–Trinajstić information content (AvgIpc) is 3.28. The van der Waals surface area contributed by atoms with Crippen molar-refractivity contribution in [1.29, 1.82) is 0 Å². The molecule has 3 aromatic carbocycles. The first kappa shape index (κ1) is 21.9. The minimum absolute atomic E-state index is 0.208. The van der Waals surface area contributed by atoms with Crippen molar-refractivity contribution in [1.82, 2.24) is 4.98 Å². The van der Waals surface area contributed by atoms with Gasteiger partial charge in [0.15, 0.2) is 15.0 Å². The number of sulfone groups is 1. The predicted octanol–water partition coefficient (Wildman–Crippen LogP) is 5.91. The summed E-state index contributed by atoms with van der Waals surface area (Å²) in [5, 5.41) is 4.65. The molecule has 0 fully saturated rings. The van der Waals surface area contributed by atoms with E-state index >= 15 is 0 Å². The van der Waals surface area contributed by atoms with Gasteiger partial charge in [0.05, 0.1) is 15.8 Å². The van der Waals surface area contributed by atoms with Gasteiger partial charge in [-0.2, -0.15) is 0 Å². The molecule has 5 nitrogen and oxygen atoms in total. The Balaban J connectivity index is 1.46. The highest BCUT2D eigenvalue weighted by molar-refractivity contribution is 7.92. The molecule has 0 atom stereocenters. The van der Waals surface area contributed by atoms with Crippen molar-refractivity contribution in [2.45, 2.75) is 24.0 Å². The van der Waals surface area contributed by atoms with E-state index in [0.29, 0.717) is 10.7 Å². The summed E-state index contributed by atoms with van der Waals surface area (Å²) in [6.07, 6.45) is 0. The first-order valence-corrected chi connectivity index (χ1v) is 12.5. The summed E-state index contributed by atoms with van der Waals surface area (Å²) in [5.41, 5.74) is 4.39. The number of thiazole rings is 1. The molecule has 1 heterocycles. The van der Waals surface area contributed by atoms with Crippen LogP contribution in [0.4, 0.5) is 5.13 Å². The molecule has 4 rings (SSSR count). The second-order valence-corrected chi connectivity index (χ2v) is 10.9. The molecule has 0 unspecified atom stereocenters. The lowest BCUT2D eigenvalue weighted by Crippen LogP contribution is -2.15. The molecule has 0 aliphatic heterocycles. The van der Waals surface area contributed by atoms with Crippen molar-refractivity contribution < 1.29 is 13.2 Å². The van der Waals surface area contributed by atoms with Crippen molar-refractivity contribution in [3.8, 4) is 22.4 Å². The molecular weight excluding hydrogens is 440 g/mol. The summed E-state index contributed by atoms with van der Waals surface area (Å²) in [5.74, 6) is -0.334. The standard InChI is InChI=1S/C25H22N2O3S2/c1-17(2)32(29,30)22-14-12-21(13-15-22)24(28)27-25-26-23(16-31-25)20-10-8-19(9-11-20)18-6-4-3-5-7-18/h3-17H,1-2H3,(H,26,27,28). The van der Waals surface area contributed by atoms with Gasteiger partial charge in [-0.1, -0.05) is 54.6 Å². The van der Waals surface area contributed by atoms with Crippen molar-refractivity contribution in [3.63, 3.8) is 0 Å². The fourth-order valence-corrected chi connectivity index (χ4v) is 4.94. The van der Waals surface area contributed by atoms with Crippen LogP contribution in [0.15, 0.2) is 89.1 Å². The third-order valence-electron chi connectivity index (χ3n) is 5.08. The third-order valence-corrected chi connectivity index (χ3v) is 8.01. The molecule has 1 amide bonds. The minimum Gasteiger partial charge on any atom is -0.298 e. The molecule has 0 bridgehead atoms. The van der Waals surface area contributed by atoms with Crippen LogP contribution in [0.5, 0.6) is 0 Å². The van der Waals surface area contributed by atoms with Crippen LogP contribution >= 0.6 is 11.3 Å². The van der Waals surface area contributed by atoms with Crippen molar-refractivity contribution in [2.24, 2.45) is 0 Å². The molecular formula is C25H22N2O3S2. The Morgan fingerprint density at radius 3 is 2.06 bits per heavy atom. The molecule has 0 spiro atoms. The van der Waals surface area contributed by atoms with Crippen LogP contribution in [0.25, 0.3) is 22.4 Å². The minimum atomic E-state index is -3.37. The van der Waals surface area contributed by atoms with Gasteiger partial charge in [0.2, 0.25) is 0 Å². The maximum atomic E-state index is 12.6. The lowest BCUT2D eigenvalue weighted by atomic mass is 10.0. The summed E-state index contributed by atoms with van der Waals surface area (Å²) in [7, 11) is -3.37. The highest BCUT2D eigenvalue weighted by Crippen LogP contribution is 2.28. The Morgan fingerprint density at radius 1 is 0.844 bits per heavy atom. The summed E-state index contributed by atoms with van der Waals surface area (Å²) in [6.45, 7) is 3.26. The van der Waals surface area contributed by atoms with Gasteiger partial charge in [-0.25, -0.2) is 13.4 Å². The number of carbonyl (C=O) groups is 1. The zero-order chi connectivity index (χ0) is 22.7. The third kappa shape index (κ3) is 4.64. The van der Waals surface area contributed by atoms with Gasteiger partial charge in [-0.05, 0) is 49.2 Å². The summed E-state index contributed by atoms with van der Waals surface area (Å²) in [6, 6.07) is 24.2. The largest absolute Gasteiger partial charge is 0.298 e. The number of rotatable bonds is 6. The molecule has 0 saturated heterocycles. The Labute approximate surface area is 191 Å². The van der Waals surface area contributed by atoms with E-state index in [-0.39, 0.29) is 10.8 Å². The fraction of sp³-hybridized carbons (Fsp3) is 0.120. The van der Waals surface area contributed by atoms with E-state index in [9.17, 15) is 13.2 Å². The number of hydrogen-bond donors (Lipinski definition) is 1. The predicted molar refractivity (Wildman–Crippen MR) is 130 cm³/mol. The number of nitrogens with one attached hydrogen (secondary N) is 1. The normalized spacial score (nSPS) is 11.5. The Hall–Kier alpha value is -3.29. The number of anilines is 1. The van der Waals surface area contributed by atoms with E-state index in [1.54, 1.807) is 13.8 Å². The van der Waals surface area contributed by atoms with Crippen LogP contribution in [0.2, 0.25) is 0 Å². The van der Waals surface area contributed by atoms with Crippen LogP contribution in [-0.4, -0.2) is 24.6 Å². The summed E-state index contributed by atoms with van der Waals surface area (Å²) in [4.78, 5) is 17.3. The van der Waals surface area contributed by atoms with E-state index in [0.717, 1.165) is 22.4 Å². The van der Waals surface area contributed by atoms with Gasteiger partial charge in [0, 0.05) is 16.5 Å². The Bertz CT molecular complexity index is 1330. The van der Waals surface area contributed by atoms with Gasteiger partial charge in [-0.15, -0.1) is 11.3 Å². The number of nitrogens with zero attached hydrogens (tertiary/aromatic N) is 1. The molecule has 32 heavy (non-hydrogen) atoms. The number of aromatic nitrogens is 1. The first-order valence-electron chi connectivity index (χ1n) is 10.1. The summed E-state index contributed by atoms with van der Waals surface area (Å²) < 4.78 is 24.5. The van der Waals surface area contributed by atoms with E-state index in [1.165, 1.54) is 35.6 Å². The molecule has 162 valence electrons. The lowest BCUT2D eigenvalue weighted by Gasteiger charge is -2.08. The zero-order valence-electron chi connectivity index (χ0n) is 17.6. The first-order chi connectivity index (χ1) is 15.3. The van der Waals surface area contributed by atoms with E-state index in [2.05, 4.69) is 34.6 Å². The molecule has 0 radical (unpaired) electrons. The van der Waals surface area contributed by atoms with E-state index in [1.807, 2.05) is 35.7 Å². The van der Waals surface area contributed by atoms with Crippen molar-refractivity contribution in [3.05, 3.63) is 89.8 Å². The molecule has 4 aromatic rings. The smallest absolute Gasteiger partial charge is 0.257 e. The molecule has 1 N–H and O–H groups in total. The van der Waals surface area contributed by atoms with Gasteiger partial charge < -0.3 is 0 Å². The van der Waals surface area contributed by atoms with Crippen LogP contribution < -0.4 is 5.32 Å². The van der Waals surface area contributed by atoms with Crippen LogP contribution in [0, 0.1) is 0 Å².